The third-order valence-corrected chi connectivity index (χ3v) is 2.99. The Hall–Kier alpha value is -0.820. The van der Waals surface area contributed by atoms with Crippen molar-refractivity contribution >= 4 is 0 Å². The van der Waals surface area contributed by atoms with E-state index < -0.39 is 0 Å². The summed E-state index contributed by atoms with van der Waals surface area (Å²) in [5.74, 6) is 1.48. The normalized spacial score (nSPS) is 25.4. The predicted octanol–water partition coefficient (Wildman–Crippen LogP) is 3.01. The van der Waals surface area contributed by atoms with Crippen molar-refractivity contribution in [3.63, 3.8) is 0 Å². The van der Waals surface area contributed by atoms with Crippen molar-refractivity contribution in [2.75, 3.05) is 0 Å². The molecule has 1 heteroatoms. The number of hydrogen-bond donors (Lipinski definition) is 1. The van der Waals surface area contributed by atoms with Gasteiger partial charge in [-0.1, -0.05) is 38.1 Å². The molecule has 1 unspecified atom stereocenters. The molecule has 0 fully saturated rings. The Bertz CT molecular complexity index is 330. The molecule has 1 aromatic rings. The lowest BCUT2D eigenvalue weighted by Crippen LogP contribution is -2.34. The van der Waals surface area contributed by atoms with Crippen LogP contribution in [0.15, 0.2) is 24.3 Å². The van der Waals surface area contributed by atoms with Gasteiger partial charge in [-0.2, -0.15) is 0 Å². The van der Waals surface area contributed by atoms with Gasteiger partial charge < -0.3 is 5.32 Å². The second-order valence-electron chi connectivity index (χ2n) is 4.73. The summed E-state index contributed by atoms with van der Waals surface area (Å²) >= 11 is 0. The Balaban J connectivity index is 2.32. The molecule has 75 valence electrons. The molecule has 0 aliphatic carbocycles. The molecule has 0 spiro atoms. The van der Waals surface area contributed by atoms with Crippen LogP contribution in [-0.4, -0.2) is 0 Å². The summed E-state index contributed by atoms with van der Waals surface area (Å²) in [5, 5.41) is 3.61. The third-order valence-electron chi connectivity index (χ3n) is 2.99. The standard InChI is InChI=1S/C13H18N/c1-10(2)8-13(3)12-7-5-4-6-11(12)9-14-13/h4-7,14H,8-9H2,1-3H3. The molecule has 0 amide bonds. The van der Waals surface area contributed by atoms with Crippen LogP contribution in [0.3, 0.4) is 0 Å². The number of nitrogens with one attached hydrogen (secondary N) is 1. The summed E-state index contributed by atoms with van der Waals surface area (Å²) in [7, 11) is 0. The topological polar surface area (TPSA) is 12.0 Å². The van der Waals surface area contributed by atoms with Gasteiger partial charge in [0.1, 0.15) is 0 Å². The molecular weight excluding hydrogens is 170 g/mol. The molecule has 2 rings (SSSR count). The van der Waals surface area contributed by atoms with Crippen LogP contribution in [0.5, 0.6) is 0 Å². The lowest BCUT2D eigenvalue weighted by atomic mass is 9.85. The van der Waals surface area contributed by atoms with Gasteiger partial charge in [0.05, 0.1) is 0 Å². The van der Waals surface area contributed by atoms with Crippen LogP contribution < -0.4 is 5.32 Å². The van der Waals surface area contributed by atoms with Crippen LogP contribution in [0.1, 0.15) is 38.3 Å². The number of benzene rings is 1. The molecule has 14 heavy (non-hydrogen) atoms. The van der Waals surface area contributed by atoms with Crippen molar-refractivity contribution in [1.29, 1.82) is 0 Å². The zero-order chi connectivity index (χ0) is 10.2. The maximum absolute atomic E-state index is 3.61. The van der Waals surface area contributed by atoms with E-state index in [2.05, 4.69) is 50.4 Å². The molecule has 1 aliphatic rings. The molecule has 1 radical (unpaired) electrons. The second-order valence-corrected chi connectivity index (χ2v) is 4.73. The Labute approximate surface area is 86.5 Å². The average Bonchev–Trinajstić information content (AvgIpc) is 2.44. The molecule has 1 heterocycles. The minimum absolute atomic E-state index is 0.162. The highest BCUT2D eigenvalue weighted by atomic mass is 15.0. The summed E-state index contributed by atoms with van der Waals surface area (Å²) in [6, 6.07) is 8.72. The molecule has 1 N–H and O–H groups in total. The van der Waals surface area contributed by atoms with Crippen LogP contribution in [0.4, 0.5) is 0 Å². The van der Waals surface area contributed by atoms with Gasteiger partial charge >= 0.3 is 0 Å². The Morgan fingerprint density at radius 3 is 2.79 bits per heavy atom. The van der Waals surface area contributed by atoms with E-state index in [0.29, 0.717) is 0 Å². The van der Waals surface area contributed by atoms with Crippen LogP contribution in [0, 0.1) is 5.92 Å². The van der Waals surface area contributed by atoms with Gasteiger partial charge in [0.15, 0.2) is 0 Å². The highest BCUT2D eigenvalue weighted by Gasteiger charge is 2.33. The molecule has 1 nitrogen and oxygen atoms in total. The third kappa shape index (κ3) is 1.57. The average molecular weight is 188 g/mol. The first-order valence-corrected chi connectivity index (χ1v) is 5.24. The largest absolute Gasteiger partial charge is 0.303 e. The van der Waals surface area contributed by atoms with E-state index in [1.807, 2.05) is 0 Å². The molecule has 0 bridgehead atoms. The van der Waals surface area contributed by atoms with Gasteiger partial charge in [0.25, 0.3) is 0 Å². The minimum Gasteiger partial charge on any atom is -0.303 e. The van der Waals surface area contributed by atoms with E-state index in [-0.39, 0.29) is 5.54 Å². The molecule has 1 atom stereocenters. The highest BCUT2D eigenvalue weighted by Crippen LogP contribution is 2.35. The number of hydrogen-bond acceptors (Lipinski definition) is 1. The van der Waals surface area contributed by atoms with E-state index in [1.165, 1.54) is 17.0 Å². The van der Waals surface area contributed by atoms with Crippen molar-refractivity contribution in [2.24, 2.45) is 0 Å². The Morgan fingerprint density at radius 2 is 2.07 bits per heavy atom. The summed E-state index contributed by atoms with van der Waals surface area (Å²) in [4.78, 5) is 0. The maximum atomic E-state index is 3.61. The van der Waals surface area contributed by atoms with E-state index in [4.69, 9.17) is 0 Å². The van der Waals surface area contributed by atoms with Crippen molar-refractivity contribution in [3.8, 4) is 0 Å². The van der Waals surface area contributed by atoms with Crippen molar-refractivity contribution in [3.05, 3.63) is 41.3 Å². The van der Waals surface area contributed by atoms with E-state index in [0.717, 1.165) is 13.0 Å². The zero-order valence-corrected chi connectivity index (χ0v) is 9.22. The fraction of sp³-hybridized carbons (Fsp3) is 0.462. The zero-order valence-electron chi connectivity index (χ0n) is 9.22. The van der Waals surface area contributed by atoms with Gasteiger partial charge in [0, 0.05) is 12.1 Å². The summed E-state index contributed by atoms with van der Waals surface area (Å²) < 4.78 is 0. The second kappa shape index (κ2) is 3.39. The van der Waals surface area contributed by atoms with E-state index >= 15 is 0 Å². The lowest BCUT2D eigenvalue weighted by Gasteiger charge is -2.27. The van der Waals surface area contributed by atoms with E-state index in [1.54, 1.807) is 0 Å². The van der Waals surface area contributed by atoms with Crippen molar-refractivity contribution in [2.45, 2.75) is 39.3 Å². The minimum atomic E-state index is 0.162. The SMILES string of the molecule is C[C](C)CC1(C)NCc2ccccc21. The lowest BCUT2D eigenvalue weighted by molar-refractivity contribution is 0.379. The first-order chi connectivity index (χ1) is 6.62. The summed E-state index contributed by atoms with van der Waals surface area (Å²) in [6.07, 6.45) is 1.13. The predicted molar refractivity (Wildman–Crippen MR) is 59.8 cm³/mol. The smallest absolute Gasteiger partial charge is 0.0417 e. The van der Waals surface area contributed by atoms with Gasteiger partial charge in [0.2, 0.25) is 0 Å². The van der Waals surface area contributed by atoms with Crippen LogP contribution in [0.25, 0.3) is 0 Å². The van der Waals surface area contributed by atoms with Gasteiger partial charge in [-0.05, 0) is 30.4 Å². The van der Waals surface area contributed by atoms with Gasteiger partial charge in [-0.15, -0.1) is 0 Å². The van der Waals surface area contributed by atoms with E-state index in [9.17, 15) is 0 Å². The fourth-order valence-electron chi connectivity index (χ4n) is 2.46. The fourth-order valence-corrected chi connectivity index (χ4v) is 2.46. The molecule has 0 saturated carbocycles. The Kier molecular flexibility index (Phi) is 2.36. The number of fused-ring (bicyclic) bond motifs is 1. The summed E-state index contributed by atoms with van der Waals surface area (Å²) in [5.41, 5.74) is 3.09. The first-order valence-electron chi connectivity index (χ1n) is 5.24. The molecular formula is C13H18N. The summed E-state index contributed by atoms with van der Waals surface area (Å²) in [6.45, 7) is 7.72. The van der Waals surface area contributed by atoms with Gasteiger partial charge in [-0.25, -0.2) is 0 Å². The molecule has 1 aromatic carbocycles. The van der Waals surface area contributed by atoms with Crippen LogP contribution in [0.2, 0.25) is 0 Å². The van der Waals surface area contributed by atoms with Crippen molar-refractivity contribution in [1.82, 2.24) is 5.32 Å². The number of rotatable bonds is 2. The maximum Gasteiger partial charge on any atom is 0.0417 e. The monoisotopic (exact) mass is 188 g/mol. The first kappa shape index (κ1) is 9.72. The van der Waals surface area contributed by atoms with Crippen LogP contribution >= 0.6 is 0 Å². The molecule has 0 aromatic heterocycles. The molecule has 1 aliphatic heterocycles. The quantitative estimate of drug-likeness (QED) is 0.752. The Morgan fingerprint density at radius 1 is 1.36 bits per heavy atom. The molecule has 0 saturated heterocycles. The van der Waals surface area contributed by atoms with Crippen molar-refractivity contribution < 1.29 is 0 Å². The van der Waals surface area contributed by atoms with Gasteiger partial charge in [-0.3, -0.25) is 0 Å². The van der Waals surface area contributed by atoms with Crippen LogP contribution in [-0.2, 0) is 12.1 Å². The highest BCUT2D eigenvalue weighted by molar-refractivity contribution is 5.37.